The van der Waals surface area contributed by atoms with Gasteiger partial charge in [-0.2, -0.15) is 0 Å². The number of nitrogens with zero attached hydrogens (tertiary/aromatic N) is 3. The van der Waals surface area contributed by atoms with Gasteiger partial charge in [0.25, 0.3) is 5.91 Å². The Morgan fingerprint density at radius 1 is 0.897 bits per heavy atom. The molecule has 6 nitrogen and oxygen atoms in total. The molecule has 0 saturated carbocycles. The summed E-state index contributed by atoms with van der Waals surface area (Å²) in [6.45, 7) is 6.00. The molecule has 0 unspecified atom stereocenters. The van der Waals surface area contributed by atoms with Gasteiger partial charge in [-0.25, -0.2) is 9.97 Å². The van der Waals surface area contributed by atoms with E-state index in [9.17, 15) is 4.79 Å². The van der Waals surface area contributed by atoms with E-state index < -0.39 is 0 Å². The second-order valence-corrected chi connectivity index (χ2v) is 7.02. The monoisotopic (exact) mass is 383 g/mol. The summed E-state index contributed by atoms with van der Waals surface area (Å²) < 4.78 is 0. The molecular formula is C23H21N5O. The molecule has 144 valence electrons. The summed E-state index contributed by atoms with van der Waals surface area (Å²) in [6.07, 6.45) is 3.13. The molecule has 2 N–H and O–H groups in total. The summed E-state index contributed by atoms with van der Waals surface area (Å²) in [7, 11) is 0. The zero-order valence-electron chi connectivity index (χ0n) is 16.5. The van der Waals surface area contributed by atoms with Crippen LogP contribution in [0.5, 0.6) is 0 Å². The maximum Gasteiger partial charge on any atom is 0.274 e. The average Bonchev–Trinajstić information content (AvgIpc) is 2.71. The van der Waals surface area contributed by atoms with Crippen LogP contribution in [0.4, 0.5) is 17.2 Å². The third-order valence-corrected chi connectivity index (χ3v) is 4.71. The van der Waals surface area contributed by atoms with E-state index in [-0.39, 0.29) is 11.6 Å². The minimum absolute atomic E-state index is 0.276. The fraction of sp³-hybridized carbons (Fsp3) is 0.130. The van der Waals surface area contributed by atoms with Gasteiger partial charge in [0.15, 0.2) is 0 Å². The Morgan fingerprint density at radius 2 is 1.66 bits per heavy atom. The lowest BCUT2D eigenvalue weighted by molar-refractivity contribution is 0.102. The summed E-state index contributed by atoms with van der Waals surface area (Å²) in [5.41, 5.74) is 5.95. The first kappa shape index (κ1) is 18.6. The fourth-order valence-electron chi connectivity index (χ4n) is 3.45. The molecule has 0 bridgehead atoms. The Bertz CT molecular complexity index is 1190. The van der Waals surface area contributed by atoms with Gasteiger partial charge in [-0.05, 0) is 44.0 Å². The summed E-state index contributed by atoms with van der Waals surface area (Å²) >= 11 is 0. The predicted molar refractivity (Wildman–Crippen MR) is 116 cm³/mol. The molecule has 6 heteroatoms. The van der Waals surface area contributed by atoms with E-state index >= 15 is 0 Å². The molecule has 2 aromatic heterocycles. The lowest BCUT2D eigenvalue weighted by Gasteiger charge is -2.13. The summed E-state index contributed by atoms with van der Waals surface area (Å²) in [4.78, 5) is 25.6. The Labute approximate surface area is 169 Å². The minimum Gasteiger partial charge on any atom is -0.338 e. The highest BCUT2D eigenvalue weighted by Gasteiger charge is 2.13. The molecule has 0 aliphatic rings. The number of hydrogen-bond donors (Lipinski definition) is 2. The third kappa shape index (κ3) is 3.91. The van der Waals surface area contributed by atoms with E-state index in [0.29, 0.717) is 5.82 Å². The van der Waals surface area contributed by atoms with Crippen molar-refractivity contribution in [3.8, 4) is 0 Å². The maximum atomic E-state index is 12.8. The van der Waals surface area contributed by atoms with E-state index in [1.165, 1.54) is 6.33 Å². The topological polar surface area (TPSA) is 79.8 Å². The summed E-state index contributed by atoms with van der Waals surface area (Å²) in [5, 5.41) is 7.24. The number of para-hydroxylation sites is 1. The van der Waals surface area contributed by atoms with E-state index in [4.69, 9.17) is 0 Å². The van der Waals surface area contributed by atoms with Crippen molar-refractivity contribution in [2.45, 2.75) is 20.8 Å². The number of carbonyl (C=O) groups excluding carboxylic acids is 1. The molecule has 1 amide bonds. The quantitative estimate of drug-likeness (QED) is 0.521. The van der Waals surface area contributed by atoms with Crippen molar-refractivity contribution in [1.82, 2.24) is 15.0 Å². The Balaban J connectivity index is 1.60. The molecule has 0 saturated heterocycles. The fourth-order valence-corrected chi connectivity index (χ4v) is 3.45. The van der Waals surface area contributed by atoms with E-state index in [1.54, 1.807) is 12.3 Å². The number of amides is 1. The number of nitrogens with one attached hydrogen (secondary N) is 2. The number of anilines is 3. The molecule has 4 rings (SSSR count). The molecule has 4 aromatic rings. The van der Waals surface area contributed by atoms with Crippen molar-refractivity contribution in [2.24, 2.45) is 0 Å². The highest BCUT2D eigenvalue weighted by molar-refractivity contribution is 6.04. The largest absolute Gasteiger partial charge is 0.338 e. The van der Waals surface area contributed by atoms with E-state index in [1.807, 2.05) is 63.2 Å². The number of carbonyl (C=O) groups is 1. The Morgan fingerprint density at radius 3 is 2.45 bits per heavy atom. The molecule has 0 aliphatic carbocycles. The first-order valence-electron chi connectivity index (χ1n) is 9.33. The number of aromatic nitrogens is 3. The number of rotatable bonds is 4. The van der Waals surface area contributed by atoms with Gasteiger partial charge in [-0.3, -0.25) is 9.78 Å². The van der Waals surface area contributed by atoms with Crippen LogP contribution in [0.15, 0.2) is 61.1 Å². The van der Waals surface area contributed by atoms with Crippen LogP contribution in [0.1, 0.15) is 27.2 Å². The molecule has 0 aliphatic heterocycles. The van der Waals surface area contributed by atoms with Crippen molar-refractivity contribution in [1.29, 1.82) is 0 Å². The SMILES string of the molecule is Cc1cc(C)c(NC(=O)c2cc(Nc3cccc4cccnc34)ncn2)c(C)c1. The molecule has 2 aromatic carbocycles. The second-order valence-electron chi connectivity index (χ2n) is 7.02. The van der Waals surface area contributed by atoms with Gasteiger partial charge in [0, 0.05) is 23.3 Å². The number of fused-ring (bicyclic) bond motifs is 1. The van der Waals surface area contributed by atoms with Gasteiger partial charge < -0.3 is 10.6 Å². The van der Waals surface area contributed by atoms with Gasteiger partial charge in [-0.1, -0.05) is 35.9 Å². The van der Waals surface area contributed by atoms with Crippen LogP contribution >= 0.6 is 0 Å². The zero-order valence-corrected chi connectivity index (χ0v) is 16.5. The molecule has 0 spiro atoms. The van der Waals surface area contributed by atoms with Crippen molar-refractivity contribution in [3.63, 3.8) is 0 Å². The van der Waals surface area contributed by atoms with Crippen molar-refractivity contribution >= 4 is 34.0 Å². The van der Waals surface area contributed by atoms with Crippen LogP contribution in [-0.2, 0) is 0 Å². The minimum atomic E-state index is -0.276. The van der Waals surface area contributed by atoms with Crippen molar-refractivity contribution < 1.29 is 4.79 Å². The lowest BCUT2D eigenvalue weighted by atomic mass is 10.0. The van der Waals surface area contributed by atoms with Gasteiger partial charge in [0.05, 0.1) is 11.2 Å². The highest BCUT2D eigenvalue weighted by atomic mass is 16.1. The summed E-state index contributed by atoms with van der Waals surface area (Å²) in [5.74, 6) is 0.252. The van der Waals surface area contributed by atoms with E-state index in [0.717, 1.165) is 39.0 Å². The number of benzene rings is 2. The van der Waals surface area contributed by atoms with E-state index in [2.05, 4.69) is 25.6 Å². The van der Waals surface area contributed by atoms with Crippen LogP contribution in [0.2, 0.25) is 0 Å². The number of hydrogen-bond acceptors (Lipinski definition) is 5. The number of aryl methyl sites for hydroxylation is 3. The van der Waals surface area contributed by atoms with Crippen LogP contribution in [-0.4, -0.2) is 20.9 Å². The molecule has 0 atom stereocenters. The van der Waals surface area contributed by atoms with Crippen LogP contribution < -0.4 is 10.6 Å². The molecule has 0 fully saturated rings. The second kappa shape index (κ2) is 7.67. The smallest absolute Gasteiger partial charge is 0.274 e. The molecule has 29 heavy (non-hydrogen) atoms. The molecular weight excluding hydrogens is 362 g/mol. The van der Waals surface area contributed by atoms with Crippen LogP contribution in [0.3, 0.4) is 0 Å². The molecule has 2 heterocycles. The van der Waals surface area contributed by atoms with Gasteiger partial charge in [-0.15, -0.1) is 0 Å². The third-order valence-electron chi connectivity index (χ3n) is 4.71. The van der Waals surface area contributed by atoms with Gasteiger partial charge in [0.2, 0.25) is 0 Å². The van der Waals surface area contributed by atoms with Crippen LogP contribution in [0, 0.1) is 20.8 Å². The van der Waals surface area contributed by atoms with Crippen LogP contribution in [0.25, 0.3) is 10.9 Å². The highest BCUT2D eigenvalue weighted by Crippen LogP contribution is 2.25. The maximum absolute atomic E-state index is 12.8. The predicted octanol–water partition coefficient (Wildman–Crippen LogP) is 4.95. The van der Waals surface area contributed by atoms with Crippen molar-refractivity contribution in [2.75, 3.05) is 10.6 Å². The number of pyridine rings is 1. The molecule has 0 radical (unpaired) electrons. The zero-order chi connectivity index (χ0) is 20.4. The Hall–Kier alpha value is -3.80. The summed E-state index contributed by atoms with van der Waals surface area (Å²) in [6, 6.07) is 15.5. The Kier molecular flexibility index (Phi) is 4.91. The average molecular weight is 383 g/mol. The normalized spacial score (nSPS) is 10.7. The van der Waals surface area contributed by atoms with Gasteiger partial charge >= 0.3 is 0 Å². The standard InChI is InChI=1S/C23H21N5O/c1-14-10-15(2)21(16(3)11-14)28-23(29)19-12-20(26-13-25-19)27-18-8-4-6-17-7-5-9-24-22(17)18/h4-13H,1-3H3,(H,28,29)(H,25,26,27). The first-order chi connectivity index (χ1) is 14.0. The lowest BCUT2D eigenvalue weighted by Crippen LogP contribution is -2.16. The first-order valence-corrected chi connectivity index (χ1v) is 9.33. The van der Waals surface area contributed by atoms with Crippen molar-refractivity contribution in [3.05, 3.63) is 83.4 Å². The van der Waals surface area contributed by atoms with Gasteiger partial charge in [0.1, 0.15) is 17.8 Å².